The molecule has 0 aliphatic heterocycles. The first-order chi connectivity index (χ1) is 13.2. The summed E-state index contributed by atoms with van der Waals surface area (Å²) in [4.78, 5) is 14.2. The summed E-state index contributed by atoms with van der Waals surface area (Å²) in [7, 11) is 0. The topological polar surface area (TPSA) is 55.1 Å². The van der Waals surface area contributed by atoms with Crippen molar-refractivity contribution >= 4 is 17.7 Å². The second-order valence-electron chi connectivity index (χ2n) is 9.22. The summed E-state index contributed by atoms with van der Waals surface area (Å²) < 4.78 is 5.27. The molecule has 2 aliphatic rings. The van der Waals surface area contributed by atoms with E-state index in [0.717, 1.165) is 39.7 Å². The highest BCUT2D eigenvalue weighted by atomic mass is 32.2. The predicted octanol–water partition coefficient (Wildman–Crippen LogP) is 5.53. The number of carbonyl (C=O) groups is 1. The molecule has 150 valence electrons. The first kappa shape index (κ1) is 19.6. The van der Waals surface area contributed by atoms with Crippen LogP contribution >= 0.6 is 11.8 Å². The van der Waals surface area contributed by atoms with Crippen LogP contribution in [0.2, 0.25) is 0 Å². The Morgan fingerprint density at radius 2 is 2.04 bits per heavy atom. The van der Waals surface area contributed by atoms with Crippen molar-refractivity contribution < 1.29 is 9.32 Å². The van der Waals surface area contributed by atoms with Gasteiger partial charge in [0.05, 0.1) is 11.3 Å². The Morgan fingerprint density at radius 3 is 2.64 bits per heavy atom. The predicted molar refractivity (Wildman–Crippen MR) is 112 cm³/mol. The molecule has 1 heterocycles. The largest absolute Gasteiger partial charge is 0.361 e. The van der Waals surface area contributed by atoms with Gasteiger partial charge >= 0.3 is 0 Å². The van der Waals surface area contributed by atoms with Crippen molar-refractivity contribution in [1.82, 2.24) is 10.5 Å². The minimum Gasteiger partial charge on any atom is -0.361 e. The lowest BCUT2D eigenvalue weighted by atomic mass is 9.69. The smallest absolute Gasteiger partial charge is 0.252 e. The number of amides is 1. The summed E-state index contributed by atoms with van der Waals surface area (Å²) in [5.41, 5.74) is 3.28. The van der Waals surface area contributed by atoms with Crippen molar-refractivity contribution in [1.29, 1.82) is 0 Å². The summed E-state index contributed by atoms with van der Waals surface area (Å²) in [5, 5.41) is 7.43. The van der Waals surface area contributed by atoms with Crippen molar-refractivity contribution in [2.75, 3.05) is 0 Å². The molecule has 0 saturated heterocycles. The Balaban J connectivity index is 1.50. The molecule has 0 spiro atoms. The van der Waals surface area contributed by atoms with E-state index in [1.165, 1.54) is 12.8 Å². The number of rotatable bonds is 5. The number of nitrogens with one attached hydrogen (secondary N) is 1. The zero-order valence-corrected chi connectivity index (χ0v) is 18.3. The van der Waals surface area contributed by atoms with Crippen molar-refractivity contribution in [3.8, 4) is 0 Å². The Morgan fingerprint density at radius 1 is 1.29 bits per heavy atom. The molecule has 0 radical (unpaired) electrons. The van der Waals surface area contributed by atoms with Gasteiger partial charge in [-0.3, -0.25) is 4.79 Å². The molecule has 28 heavy (non-hydrogen) atoms. The number of thioether (sulfide) groups is 1. The fourth-order valence-corrected chi connectivity index (χ4v) is 6.50. The molecule has 2 aromatic rings. The first-order valence-electron chi connectivity index (χ1n) is 10.2. The van der Waals surface area contributed by atoms with Crippen molar-refractivity contribution in [3.05, 3.63) is 46.8 Å². The van der Waals surface area contributed by atoms with E-state index in [4.69, 9.17) is 4.52 Å². The third-order valence-electron chi connectivity index (χ3n) is 7.78. The maximum absolute atomic E-state index is 13.2. The van der Waals surface area contributed by atoms with Gasteiger partial charge in [-0.25, -0.2) is 0 Å². The fourth-order valence-electron chi connectivity index (χ4n) is 5.30. The van der Waals surface area contributed by atoms with E-state index < -0.39 is 0 Å². The molecule has 1 aromatic carbocycles. The van der Waals surface area contributed by atoms with E-state index >= 15 is 0 Å². The normalized spacial score (nSPS) is 27.9. The van der Waals surface area contributed by atoms with Gasteiger partial charge in [0.15, 0.2) is 0 Å². The number of aromatic nitrogens is 1. The quantitative estimate of drug-likeness (QED) is 0.673. The average Bonchev–Trinajstić information content (AvgIpc) is 3.17. The van der Waals surface area contributed by atoms with Gasteiger partial charge in [0.2, 0.25) is 0 Å². The zero-order chi connectivity index (χ0) is 20.1. The second-order valence-corrected chi connectivity index (χ2v) is 10.2. The van der Waals surface area contributed by atoms with Crippen molar-refractivity contribution in [2.45, 2.75) is 70.6 Å². The maximum Gasteiger partial charge on any atom is 0.252 e. The summed E-state index contributed by atoms with van der Waals surface area (Å²) in [6.45, 7) is 11.0. The molecule has 2 bridgehead atoms. The van der Waals surface area contributed by atoms with E-state index in [1.54, 1.807) is 11.8 Å². The van der Waals surface area contributed by atoms with Gasteiger partial charge in [-0.2, -0.15) is 0 Å². The van der Waals surface area contributed by atoms with Gasteiger partial charge in [0.25, 0.3) is 5.91 Å². The highest BCUT2D eigenvalue weighted by molar-refractivity contribution is 7.98. The van der Waals surface area contributed by atoms with Gasteiger partial charge in [0, 0.05) is 22.3 Å². The Kier molecular flexibility index (Phi) is 4.85. The SMILES string of the molecule is Cc1noc(C)c1CSc1ccccc1C(=O)N[C@@H]1C[C@@H]2CC[C@]1(C)C2(C)C. The van der Waals surface area contributed by atoms with Crippen molar-refractivity contribution in [3.63, 3.8) is 0 Å². The highest BCUT2D eigenvalue weighted by Crippen LogP contribution is 2.65. The van der Waals surface area contributed by atoms with Crippen LogP contribution < -0.4 is 5.32 Å². The van der Waals surface area contributed by atoms with Crippen LogP contribution in [0.3, 0.4) is 0 Å². The molecule has 5 heteroatoms. The number of fused-ring (bicyclic) bond motifs is 2. The molecule has 0 unspecified atom stereocenters. The molecule has 2 saturated carbocycles. The monoisotopic (exact) mass is 398 g/mol. The van der Waals surface area contributed by atoms with Gasteiger partial charge < -0.3 is 9.84 Å². The molecule has 2 fully saturated rings. The minimum absolute atomic E-state index is 0.0523. The molecule has 4 nitrogen and oxygen atoms in total. The second kappa shape index (κ2) is 6.94. The van der Waals surface area contributed by atoms with Gasteiger partial charge in [-0.1, -0.05) is 38.1 Å². The Hall–Kier alpha value is -1.75. The van der Waals surface area contributed by atoms with Crippen LogP contribution in [0, 0.1) is 30.6 Å². The molecule has 3 atom stereocenters. The molecule has 4 rings (SSSR count). The van der Waals surface area contributed by atoms with Crippen LogP contribution in [0.4, 0.5) is 0 Å². The number of benzene rings is 1. The van der Waals surface area contributed by atoms with Crippen LogP contribution in [-0.2, 0) is 5.75 Å². The number of hydrogen-bond acceptors (Lipinski definition) is 4. The maximum atomic E-state index is 13.2. The fraction of sp³-hybridized carbons (Fsp3) is 0.565. The average molecular weight is 399 g/mol. The summed E-state index contributed by atoms with van der Waals surface area (Å²) in [6.07, 6.45) is 3.60. The zero-order valence-electron chi connectivity index (χ0n) is 17.5. The van der Waals surface area contributed by atoms with E-state index in [9.17, 15) is 4.79 Å². The first-order valence-corrected chi connectivity index (χ1v) is 11.2. The van der Waals surface area contributed by atoms with E-state index in [0.29, 0.717) is 11.3 Å². The number of nitrogens with zero attached hydrogens (tertiary/aromatic N) is 1. The van der Waals surface area contributed by atoms with Crippen LogP contribution in [-0.4, -0.2) is 17.1 Å². The van der Waals surface area contributed by atoms with E-state index in [-0.39, 0.29) is 17.4 Å². The molecule has 1 N–H and O–H groups in total. The van der Waals surface area contributed by atoms with Gasteiger partial charge in [-0.15, -0.1) is 11.8 Å². The summed E-state index contributed by atoms with van der Waals surface area (Å²) in [6, 6.07) is 8.17. The third kappa shape index (κ3) is 2.99. The van der Waals surface area contributed by atoms with E-state index in [1.807, 2.05) is 38.1 Å². The van der Waals surface area contributed by atoms with Crippen LogP contribution in [0.25, 0.3) is 0 Å². The molecule has 1 aromatic heterocycles. The Bertz CT molecular complexity index is 884. The lowest BCUT2D eigenvalue weighted by molar-refractivity contribution is 0.0823. The van der Waals surface area contributed by atoms with Gasteiger partial charge in [0.1, 0.15) is 5.76 Å². The lowest BCUT2D eigenvalue weighted by Gasteiger charge is -2.39. The number of aryl methyl sites for hydroxylation is 2. The van der Waals surface area contributed by atoms with Crippen LogP contribution in [0.15, 0.2) is 33.7 Å². The summed E-state index contributed by atoms with van der Waals surface area (Å²) in [5.74, 6) is 2.37. The Labute approximate surface area is 171 Å². The summed E-state index contributed by atoms with van der Waals surface area (Å²) >= 11 is 1.67. The van der Waals surface area contributed by atoms with E-state index in [2.05, 4.69) is 31.2 Å². The standard InChI is InChI=1S/C23H30N2O2S/c1-14-18(15(2)27-25-14)13-28-19-9-7-6-8-17(19)21(26)24-20-12-16-10-11-23(20,5)22(16,3)4/h6-9,16,20H,10-13H2,1-5H3,(H,24,26)/t16-,20+,23-/m0/s1. The van der Waals surface area contributed by atoms with Gasteiger partial charge in [-0.05, 0) is 62.0 Å². The number of hydrogen-bond donors (Lipinski definition) is 1. The van der Waals surface area contributed by atoms with Crippen LogP contribution in [0.1, 0.15) is 67.4 Å². The minimum atomic E-state index is 0.0523. The van der Waals surface area contributed by atoms with Crippen LogP contribution in [0.5, 0.6) is 0 Å². The molecule has 2 aliphatic carbocycles. The number of carbonyl (C=O) groups excluding carboxylic acids is 1. The molecular weight excluding hydrogens is 368 g/mol. The third-order valence-corrected chi connectivity index (χ3v) is 8.88. The van der Waals surface area contributed by atoms with Crippen molar-refractivity contribution in [2.24, 2.45) is 16.7 Å². The highest BCUT2D eigenvalue weighted by Gasteiger charge is 2.61. The lowest BCUT2D eigenvalue weighted by Crippen LogP contribution is -2.47. The molecular formula is C23H30N2O2S. The molecule has 1 amide bonds.